The summed E-state index contributed by atoms with van der Waals surface area (Å²) in [5.74, 6) is -2.23. The van der Waals surface area contributed by atoms with Crippen molar-refractivity contribution < 1.29 is 33.0 Å². The predicted molar refractivity (Wildman–Crippen MR) is 82.5 cm³/mol. The lowest BCUT2D eigenvalue weighted by atomic mass is 9.97. The number of methoxy groups -OCH3 is 1. The van der Waals surface area contributed by atoms with Gasteiger partial charge in [-0.05, 0) is 30.5 Å². The Kier molecular flexibility index (Phi) is 7.41. The molecule has 0 fully saturated rings. The van der Waals surface area contributed by atoms with Crippen LogP contribution in [0.2, 0.25) is 0 Å². The molecule has 0 aliphatic carbocycles. The van der Waals surface area contributed by atoms with Crippen LogP contribution in [0, 0.1) is 11.8 Å². The topological polar surface area (TPSA) is 84.9 Å². The zero-order chi connectivity index (χ0) is 18.3. The Hall–Kier alpha value is -2.38. The van der Waals surface area contributed by atoms with Gasteiger partial charge in [0.1, 0.15) is 0 Å². The van der Waals surface area contributed by atoms with Gasteiger partial charge in [0.2, 0.25) is 0 Å². The molecule has 134 valence electrons. The van der Waals surface area contributed by atoms with Crippen molar-refractivity contribution in [1.82, 2.24) is 5.32 Å². The van der Waals surface area contributed by atoms with E-state index in [-0.39, 0.29) is 29.5 Å². The normalized spacial score (nSPS) is 12.1. The summed E-state index contributed by atoms with van der Waals surface area (Å²) >= 11 is 0. The number of carbonyl (C=O) groups is 2. The number of carboxylic acid groups (broad SMARTS) is 1. The summed E-state index contributed by atoms with van der Waals surface area (Å²) in [5, 5.41) is 11.7. The van der Waals surface area contributed by atoms with E-state index in [1.165, 1.54) is 25.3 Å². The standard InChI is InChI=1S/C16H21F2NO5/c1-9(2)6-11(15(21)22)8-19-14(20)10-4-5-12(24-16(17)18)13(7-10)23-3/h4-5,7,9,11,16H,6,8H2,1-3H3,(H,19,20)(H,21,22). The maximum Gasteiger partial charge on any atom is 0.387 e. The van der Waals surface area contributed by atoms with Gasteiger partial charge in [-0.25, -0.2) is 0 Å². The molecule has 0 bridgehead atoms. The number of benzene rings is 1. The third kappa shape index (κ3) is 6.02. The number of amides is 1. The minimum atomic E-state index is -3.01. The molecule has 0 saturated heterocycles. The highest BCUT2D eigenvalue weighted by Crippen LogP contribution is 2.29. The van der Waals surface area contributed by atoms with E-state index in [4.69, 9.17) is 9.84 Å². The van der Waals surface area contributed by atoms with Gasteiger partial charge >= 0.3 is 12.6 Å². The van der Waals surface area contributed by atoms with E-state index >= 15 is 0 Å². The fourth-order valence-corrected chi connectivity index (χ4v) is 2.16. The molecule has 2 N–H and O–H groups in total. The molecule has 1 atom stereocenters. The quantitative estimate of drug-likeness (QED) is 0.719. The Balaban J connectivity index is 2.78. The summed E-state index contributed by atoms with van der Waals surface area (Å²) in [4.78, 5) is 23.3. The van der Waals surface area contributed by atoms with Crippen LogP contribution in [-0.4, -0.2) is 37.2 Å². The van der Waals surface area contributed by atoms with E-state index in [1.54, 1.807) is 0 Å². The van der Waals surface area contributed by atoms with Gasteiger partial charge in [-0.1, -0.05) is 13.8 Å². The Bertz CT molecular complexity index is 578. The van der Waals surface area contributed by atoms with Crippen LogP contribution in [0.15, 0.2) is 18.2 Å². The highest BCUT2D eigenvalue weighted by molar-refractivity contribution is 5.95. The number of aliphatic carboxylic acids is 1. The highest BCUT2D eigenvalue weighted by atomic mass is 19.3. The molecule has 1 rings (SSSR count). The maximum atomic E-state index is 12.3. The van der Waals surface area contributed by atoms with Gasteiger partial charge in [0.25, 0.3) is 5.91 Å². The molecule has 0 radical (unpaired) electrons. The fourth-order valence-electron chi connectivity index (χ4n) is 2.16. The number of hydrogen-bond donors (Lipinski definition) is 2. The maximum absolute atomic E-state index is 12.3. The molecule has 1 unspecified atom stereocenters. The average molecular weight is 345 g/mol. The molecule has 6 nitrogen and oxygen atoms in total. The molecular formula is C16H21F2NO5. The molecule has 0 saturated carbocycles. The zero-order valence-electron chi connectivity index (χ0n) is 13.7. The fraction of sp³-hybridized carbons (Fsp3) is 0.500. The first-order chi connectivity index (χ1) is 11.2. The number of alkyl halides is 2. The van der Waals surface area contributed by atoms with E-state index < -0.39 is 24.4 Å². The van der Waals surface area contributed by atoms with Gasteiger partial charge in [0.05, 0.1) is 13.0 Å². The van der Waals surface area contributed by atoms with E-state index in [1.807, 2.05) is 13.8 Å². The Morgan fingerprint density at radius 2 is 1.92 bits per heavy atom. The van der Waals surface area contributed by atoms with Gasteiger partial charge in [0.15, 0.2) is 11.5 Å². The van der Waals surface area contributed by atoms with Crippen LogP contribution in [0.4, 0.5) is 8.78 Å². The predicted octanol–water partition coefficient (Wildman–Crippen LogP) is 2.77. The van der Waals surface area contributed by atoms with Gasteiger partial charge in [-0.15, -0.1) is 0 Å². The first kappa shape index (κ1) is 19.7. The van der Waals surface area contributed by atoms with Gasteiger partial charge < -0.3 is 19.9 Å². The summed E-state index contributed by atoms with van der Waals surface area (Å²) in [5.41, 5.74) is 0.155. The lowest BCUT2D eigenvalue weighted by molar-refractivity contribution is -0.142. The third-order valence-electron chi connectivity index (χ3n) is 3.26. The van der Waals surface area contributed by atoms with Crippen LogP contribution < -0.4 is 14.8 Å². The minimum absolute atomic E-state index is 0.0140. The molecule has 0 aliphatic heterocycles. The van der Waals surface area contributed by atoms with E-state index in [0.29, 0.717) is 6.42 Å². The van der Waals surface area contributed by atoms with Gasteiger partial charge in [0, 0.05) is 12.1 Å². The molecular weight excluding hydrogens is 324 g/mol. The molecule has 0 spiro atoms. The number of carbonyl (C=O) groups excluding carboxylic acids is 1. The number of hydrogen-bond acceptors (Lipinski definition) is 4. The molecule has 1 amide bonds. The van der Waals surface area contributed by atoms with Crippen LogP contribution in [0.5, 0.6) is 11.5 Å². The van der Waals surface area contributed by atoms with Crippen molar-refractivity contribution in [2.45, 2.75) is 26.9 Å². The van der Waals surface area contributed by atoms with E-state index in [9.17, 15) is 18.4 Å². The molecule has 1 aromatic carbocycles. The lowest BCUT2D eigenvalue weighted by Gasteiger charge is -2.16. The van der Waals surface area contributed by atoms with Crippen molar-refractivity contribution in [3.8, 4) is 11.5 Å². The third-order valence-corrected chi connectivity index (χ3v) is 3.26. The second kappa shape index (κ2) is 9.05. The van der Waals surface area contributed by atoms with E-state index in [0.717, 1.165) is 0 Å². The van der Waals surface area contributed by atoms with Crippen LogP contribution >= 0.6 is 0 Å². The van der Waals surface area contributed by atoms with Gasteiger partial charge in [-0.2, -0.15) is 8.78 Å². The second-order valence-corrected chi connectivity index (χ2v) is 5.62. The van der Waals surface area contributed by atoms with Crippen LogP contribution in [0.3, 0.4) is 0 Å². The molecule has 1 aromatic rings. The first-order valence-electron chi connectivity index (χ1n) is 7.38. The summed E-state index contributed by atoms with van der Waals surface area (Å²) in [6.45, 7) is 0.754. The van der Waals surface area contributed by atoms with Crippen LogP contribution in [-0.2, 0) is 4.79 Å². The number of halogens is 2. The van der Waals surface area contributed by atoms with Crippen molar-refractivity contribution in [1.29, 1.82) is 0 Å². The van der Waals surface area contributed by atoms with Crippen molar-refractivity contribution >= 4 is 11.9 Å². The Labute approximate surface area is 138 Å². The second-order valence-electron chi connectivity index (χ2n) is 5.62. The van der Waals surface area contributed by atoms with Crippen molar-refractivity contribution in [3.05, 3.63) is 23.8 Å². The van der Waals surface area contributed by atoms with Crippen molar-refractivity contribution in [2.75, 3.05) is 13.7 Å². The van der Waals surface area contributed by atoms with Crippen molar-refractivity contribution in [2.24, 2.45) is 11.8 Å². The summed E-state index contributed by atoms with van der Waals surface area (Å²) in [6, 6.07) is 3.75. The first-order valence-corrected chi connectivity index (χ1v) is 7.38. The minimum Gasteiger partial charge on any atom is -0.493 e. The highest BCUT2D eigenvalue weighted by Gasteiger charge is 2.20. The summed E-state index contributed by atoms with van der Waals surface area (Å²) in [7, 11) is 1.26. The summed E-state index contributed by atoms with van der Waals surface area (Å²) in [6.07, 6.45) is 0.431. The van der Waals surface area contributed by atoms with Crippen LogP contribution in [0.1, 0.15) is 30.6 Å². The Morgan fingerprint density at radius 3 is 2.42 bits per heavy atom. The van der Waals surface area contributed by atoms with Crippen molar-refractivity contribution in [3.63, 3.8) is 0 Å². The Morgan fingerprint density at radius 1 is 1.25 bits per heavy atom. The largest absolute Gasteiger partial charge is 0.493 e. The van der Waals surface area contributed by atoms with Gasteiger partial charge in [-0.3, -0.25) is 9.59 Å². The number of carboxylic acids is 1. The number of rotatable bonds is 9. The van der Waals surface area contributed by atoms with E-state index in [2.05, 4.69) is 10.1 Å². The monoisotopic (exact) mass is 345 g/mol. The average Bonchev–Trinajstić information content (AvgIpc) is 2.50. The zero-order valence-corrected chi connectivity index (χ0v) is 13.7. The molecule has 24 heavy (non-hydrogen) atoms. The lowest BCUT2D eigenvalue weighted by Crippen LogP contribution is -2.33. The molecule has 8 heteroatoms. The number of ether oxygens (including phenoxy) is 2. The smallest absolute Gasteiger partial charge is 0.387 e. The molecule has 0 aromatic heterocycles. The summed E-state index contributed by atoms with van der Waals surface area (Å²) < 4.78 is 33.7. The SMILES string of the molecule is COc1cc(C(=O)NCC(CC(C)C)C(=O)O)ccc1OC(F)F. The molecule has 0 heterocycles. The molecule has 0 aliphatic rings. The van der Waals surface area contributed by atoms with Crippen LogP contribution in [0.25, 0.3) is 0 Å². The number of nitrogens with one attached hydrogen (secondary N) is 1.